The van der Waals surface area contributed by atoms with Crippen LogP contribution in [0.15, 0.2) is 36.5 Å². The molecule has 1 aromatic heterocycles. The van der Waals surface area contributed by atoms with Crippen LogP contribution in [-0.2, 0) is 0 Å². The van der Waals surface area contributed by atoms with E-state index >= 15 is 0 Å². The lowest BCUT2D eigenvalue weighted by Crippen LogP contribution is -2.09. The molecule has 3 nitrogen and oxygen atoms in total. The van der Waals surface area contributed by atoms with Crippen molar-refractivity contribution in [1.82, 2.24) is 9.55 Å². The molecule has 1 N–H and O–H groups in total. The summed E-state index contributed by atoms with van der Waals surface area (Å²) in [6, 6.07) is 10.7. The molecule has 1 heterocycles. The first-order chi connectivity index (χ1) is 9.56. The van der Waals surface area contributed by atoms with Crippen molar-refractivity contribution < 1.29 is 0 Å². The van der Waals surface area contributed by atoms with Gasteiger partial charge in [0.05, 0.1) is 5.69 Å². The highest BCUT2D eigenvalue weighted by molar-refractivity contribution is 5.53. The molecule has 3 heteroatoms. The van der Waals surface area contributed by atoms with Crippen LogP contribution in [0.4, 0.5) is 11.6 Å². The fourth-order valence-corrected chi connectivity index (χ4v) is 2.31. The van der Waals surface area contributed by atoms with Gasteiger partial charge in [0.1, 0.15) is 0 Å². The second kappa shape index (κ2) is 6.60. The lowest BCUT2D eigenvalue weighted by Gasteiger charge is -2.18. The van der Waals surface area contributed by atoms with Crippen LogP contribution < -0.4 is 5.32 Å². The summed E-state index contributed by atoms with van der Waals surface area (Å²) >= 11 is 0. The second-order valence-electron chi connectivity index (χ2n) is 5.92. The highest BCUT2D eigenvalue weighted by Gasteiger charge is 2.12. The first kappa shape index (κ1) is 14.6. The molecule has 2 rings (SSSR count). The Morgan fingerprint density at radius 1 is 1.10 bits per heavy atom. The lowest BCUT2D eigenvalue weighted by molar-refractivity contribution is 0.442. The quantitative estimate of drug-likeness (QED) is 0.807. The molecule has 2 aromatic rings. The van der Waals surface area contributed by atoms with Crippen molar-refractivity contribution in [1.29, 1.82) is 0 Å². The van der Waals surface area contributed by atoms with E-state index in [0.717, 1.165) is 23.2 Å². The number of aromatic nitrogens is 2. The number of rotatable bonds is 6. The summed E-state index contributed by atoms with van der Waals surface area (Å²) in [7, 11) is 0. The summed E-state index contributed by atoms with van der Waals surface area (Å²) in [5.41, 5.74) is 2.13. The number of hydrogen-bond donors (Lipinski definition) is 1. The number of aryl methyl sites for hydroxylation is 1. The van der Waals surface area contributed by atoms with Gasteiger partial charge in [-0.2, -0.15) is 0 Å². The maximum atomic E-state index is 4.61. The Labute approximate surface area is 122 Å². The summed E-state index contributed by atoms with van der Waals surface area (Å²) in [5.74, 6) is 1.68. The van der Waals surface area contributed by atoms with Crippen LogP contribution in [0.1, 0.15) is 45.3 Å². The number of nitrogens with zero attached hydrogens (tertiary/aromatic N) is 2. The smallest absolute Gasteiger partial charge is 0.207 e. The molecule has 1 unspecified atom stereocenters. The van der Waals surface area contributed by atoms with E-state index in [0.29, 0.717) is 6.04 Å². The van der Waals surface area contributed by atoms with Crippen molar-refractivity contribution in [3.63, 3.8) is 0 Å². The summed E-state index contributed by atoms with van der Waals surface area (Å²) < 4.78 is 2.25. The van der Waals surface area contributed by atoms with Gasteiger partial charge in [-0.1, -0.05) is 32.0 Å². The Hall–Kier alpha value is -1.77. The summed E-state index contributed by atoms with van der Waals surface area (Å²) in [5, 5.41) is 3.41. The van der Waals surface area contributed by atoms with E-state index in [1.54, 1.807) is 0 Å². The molecule has 0 spiro atoms. The molecule has 0 aliphatic heterocycles. The predicted molar refractivity (Wildman–Crippen MR) is 85.5 cm³/mol. The van der Waals surface area contributed by atoms with E-state index in [-0.39, 0.29) is 0 Å². The maximum Gasteiger partial charge on any atom is 0.207 e. The Morgan fingerprint density at radius 2 is 1.80 bits per heavy atom. The molecule has 0 aliphatic carbocycles. The van der Waals surface area contributed by atoms with Crippen LogP contribution >= 0.6 is 0 Å². The van der Waals surface area contributed by atoms with Crippen LogP contribution in [-0.4, -0.2) is 9.55 Å². The Morgan fingerprint density at radius 3 is 2.45 bits per heavy atom. The number of anilines is 2. The van der Waals surface area contributed by atoms with Gasteiger partial charge in [-0.05, 0) is 44.7 Å². The third kappa shape index (κ3) is 3.86. The van der Waals surface area contributed by atoms with Crippen LogP contribution in [0.25, 0.3) is 0 Å². The lowest BCUT2D eigenvalue weighted by atomic mass is 10.0. The third-order valence-corrected chi connectivity index (χ3v) is 3.52. The molecule has 0 fully saturated rings. The molecular formula is C17H25N3. The Bertz CT molecular complexity index is 528. The van der Waals surface area contributed by atoms with Gasteiger partial charge < -0.3 is 9.88 Å². The summed E-state index contributed by atoms with van der Waals surface area (Å²) in [6.07, 6.45) is 4.55. The molecule has 0 aliphatic rings. The van der Waals surface area contributed by atoms with E-state index in [9.17, 15) is 0 Å². The highest BCUT2D eigenvalue weighted by atomic mass is 15.2. The number of benzene rings is 1. The average Bonchev–Trinajstić information content (AvgIpc) is 2.78. The van der Waals surface area contributed by atoms with Crippen molar-refractivity contribution in [2.24, 2.45) is 5.92 Å². The maximum absolute atomic E-state index is 4.61. The van der Waals surface area contributed by atoms with Gasteiger partial charge in [-0.25, -0.2) is 4.98 Å². The molecule has 0 bridgehead atoms. The van der Waals surface area contributed by atoms with Crippen molar-refractivity contribution in [2.45, 2.75) is 46.6 Å². The standard InChI is InChI=1S/C17H25N3/c1-13(2)10-11-15(4)20-12-14(3)18-17(20)19-16-8-6-5-7-9-16/h5-9,12-13,15H,10-11H2,1-4H3,(H,18,19). The molecule has 108 valence electrons. The SMILES string of the molecule is Cc1cn(C(C)CCC(C)C)c(Nc2ccccc2)n1. The number of imidazole rings is 1. The average molecular weight is 271 g/mol. The molecule has 20 heavy (non-hydrogen) atoms. The van der Waals surface area contributed by atoms with Crippen LogP contribution in [0.3, 0.4) is 0 Å². The first-order valence-corrected chi connectivity index (χ1v) is 7.44. The zero-order valence-electron chi connectivity index (χ0n) is 12.9. The topological polar surface area (TPSA) is 29.9 Å². The van der Waals surface area contributed by atoms with Gasteiger partial charge >= 0.3 is 0 Å². The van der Waals surface area contributed by atoms with Gasteiger partial charge in [0.2, 0.25) is 5.95 Å². The number of para-hydroxylation sites is 1. The molecule has 0 amide bonds. The zero-order chi connectivity index (χ0) is 14.5. The van der Waals surface area contributed by atoms with Crippen LogP contribution in [0.2, 0.25) is 0 Å². The normalized spacial score (nSPS) is 12.7. The molecule has 1 aromatic carbocycles. The van der Waals surface area contributed by atoms with Crippen molar-refractivity contribution in [2.75, 3.05) is 5.32 Å². The predicted octanol–water partition coefficient (Wildman–Crippen LogP) is 4.93. The minimum atomic E-state index is 0.463. The largest absolute Gasteiger partial charge is 0.326 e. The van der Waals surface area contributed by atoms with Crippen molar-refractivity contribution in [3.8, 4) is 0 Å². The molecule has 0 saturated heterocycles. The van der Waals surface area contributed by atoms with Gasteiger partial charge in [-0.15, -0.1) is 0 Å². The van der Waals surface area contributed by atoms with Crippen molar-refractivity contribution in [3.05, 3.63) is 42.2 Å². The summed E-state index contributed by atoms with van der Waals surface area (Å²) in [4.78, 5) is 4.61. The van der Waals surface area contributed by atoms with E-state index < -0.39 is 0 Å². The monoisotopic (exact) mass is 271 g/mol. The Kier molecular flexibility index (Phi) is 4.83. The van der Waals surface area contributed by atoms with Crippen molar-refractivity contribution >= 4 is 11.6 Å². The molecular weight excluding hydrogens is 246 g/mol. The Balaban J connectivity index is 2.13. The minimum absolute atomic E-state index is 0.463. The van der Waals surface area contributed by atoms with Gasteiger partial charge in [-0.3, -0.25) is 0 Å². The first-order valence-electron chi connectivity index (χ1n) is 7.44. The molecule has 0 saturated carbocycles. The number of nitrogens with one attached hydrogen (secondary N) is 1. The van der Waals surface area contributed by atoms with Gasteiger partial charge in [0, 0.05) is 17.9 Å². The molecule has 1 atom stereocenters. The zero-order valence-corrected chi connectivity index (χ0v) is 12.9. The fourth-order valence-electron chi connectivity index (χ4n) is 2.31. The third-order valence-electron chi connectivity index (χ3n) is 3.52. The van der Waals surface area contributed by atoms with E-state index in [4.69, 9.17) is 0 Å². The second-order valence-corrected chi connectivity index (χ2v) is 5.92. The van der Waals surface area contributed by atoms with Crippen LogP contribution in [0, 0.1) is 12.8 Å². The van der Waals surface area contributed by atoms with E-state index in [1.165, 1.54) is 12.8 Å². The summed E-state index contributed by atoms with van der Waals surface area (Å²) in [6.45, 7) is 8.85. The van der Waals surface area contributed by atoms with E-state index in [2.05, 4.69) is 54.0 Å². The van der Waals surface area contributed by atoms with Crippen LogP contribution in [0.5, 0.6) is 0 Å². The number of hydrogen-bond acceptors (Lipinski definition) is 2. The fraction of sp³-hybridized carbons (Fsp3) is 0.471. The van der Waals surface area contributed by atoms with Gasteiger partial charge in [0.25, 0.3) is 0 Å². The van der Waals surface area contributed by atoms with E-state index in [1.807, 2.05) is 25.1 Å². The van der Waals surface area contributed by atoms with Gasteiger partial charge in [0.15, 0.2) is 0 Å². The molecule has 0 radical (unpaired) electrons. The highest BCUT2D eigenvalue weighted by Crippen LogP contribution is 2.24. The minimum Gasteiger partial charge on any atom is -0.326 e.